The zero-order chi connectivity index (χ0) is 30.1. The summed E-state index contributed by atoms with van der Waals surface area (Å²) >= 11 is 13.4. The van der Waals surface area contributed by atoms with Gasteiger partial charge in [-0.3, -0.25) is 14.4 Å². The van der Waals surface area contributed by atoms with Crippen molar-refractivity contribution in [2.75, 3.05) is 35.4 Å². The van der Waals surface area contributed by atoms with Crippen molar-refractivity contribution in [3.8, 4) is 0 Å². The number of amides is 3. The highest BCUT2D eigenvalue weighted by atomic mass is 35.5. The van der Waals surface area contributed by atoms with E-state index in [9.17, 15) is 14.4 Å². The summed E-state index contributed by atoms with van der Waals surface area (Å²) < 4.78 is 0. The van der Waals surface area contributed by atoms with Gasteiger partial charge in [-0.15, -0.1) is 11.8 Å². The monoisotopic (exact) mass is 618 g/mol. The van der Waals surface area contributed by atoms with Gasteiger partial charge in [0.1, 0.15) is 5.70 Å². The molecular formula is C32H28Cl2N4O3S. The summed E-state index contributed by atoms with van der Waals surface area (Å²) in [4.78, 5) is 41.6. The highest BCUT2D eigenvalue weighted by Crippen LogP contribution is 2.27. The largest absolute Gasteiger partial charge is 0.378 e. The minimum Gasteiger partial charge on any atom is -0.378 e. The molecule has 214 valence electrons. The Labute approximate surface area is 258 Å². The van der Waals surface area contributed by atoms with E-state index in [1.54, 1.807) is 66.7 Å². The molecule has 3 N–H and O–H groups in total. The number of nitrogens with zero attached hydrogens (tertiary/aromatic N) is 1. The standard InChI is InChI=1S/C32H28Cl2N4O3S/c1-38(2)25-14-11-21(12-15-25)17-29(37-31(40)22-7-4-3-5-8-22)32(41)35-24-9-6-10-26(19-24)42-20-30(39)36-28-18-23(33)13-16-27(28)34/h3-19H,20H2,1-2H3,(H,35,41)(H,36,39)(H,37,40)/b29-17+. The van der Waals surface area contributed by atoms with Crippen LogP contribution in [0, 0.1) is 0 Å². The van der Waals surface area contributed by atoms with Gasteiger partial charge in [-0.05, 0) is 72.3 Å². The second-order valence-corrected chi connectivity index (χ2v) is 11.2. The highest BCUT2D eigenvalue weighted by molar-refractivity contribution is 8.00. The molecule has 7 nitrogen and oxygen atoms in total. The SMILES string of the molecule is CN(C)c1ccc(/C=C(/NC(=O)c2ccccc2)C(=O)Nc2cccc(SCC(=O)Nc3cc(Cl)ccc3Cl)c2)cc1. The Morgan fingerprint density at radius 1 is 0.833 bits per heavy atom. The number of carbonyl (C=O) groups is 3. The lowest BCUT2D eigenvalue weighted by molar-refractivity contribution is -0.114. The molecule has 0 unspecified atom stereocenters. The topological polar surface area (TPSA) is 90.5 Å². The summed E-state index contributed by atoms with van der Waals surface area (Å²) in [7, 11) is 3.88. The molecular weight excluding hydrogens is 591 g/mol. The second-order valence-electron chi connectivity index (χ2n) is 9.31. The molecule has 4 aromatic rings. The van der Waals surface area contributed by atoms with Crippen molar-refractivity contribution in [2.45, 2.75) is 4.90 Å². The predicted octanol–water partition coefficient (Wildman–Crippen LogP) is 7.20. The number of hydrogen-bond donors (Lipinski definition) is 3. The summed E-state index contributed by atoms with van der Waals surface area (Å²) in [5, 5.41) is 9.20. The van der Waals surface area contributed by atoms with Gasteiger partial charge in [0.25, 0.3) is 11.8 Å². The molecule has 42 heavy (non-hydrogen) atoms. The Bertz CT molecular complexity index is 1610. The second kappa shape index (κ2) is 14.6. The van der Waals surface area contributed by atoms with Crippen molar-refractivity contribution in [3.63, 3.8) is 0 Å². The van der Waals surface area contributed by atoms with E-state index < -0.39 is 11.8 Å². The molecule has 0 spiro atoms. The van der Waals surface area contributed by atoms with Crippen LogP contribution < -0.4 is 20.9 Å². The molecule has 10 heteroatoms. The molecule has 0 atom stereocenters. The van der Waals surface area contributed by atoms with E-state index in [4.69, 9.17) is 23.2 Å². The van der Waals surface area contributed by atoms with Gasteiger partial charge in [0.2, 0.25) is 5.91 Å². The van der Waals surface area contributed by atoms with Gasteiger partial charge in [0, 0.05) is 41.0 Å². The minimum atomic E-state index is -0.494. The van der Waals surface area contributed by atoms with E-state index >= 15 is 0 Å². The molecule has 4 aromatic carbocycles. The Morgan fingerprint density at radius 3 is 2.29 bits per heavy atom. The zero-order valence-corrected chi connectivity index (χ0v) is 25.2. The fourth-order valence-electron chi connectivity index (χ4n) is 3.77. The van der Waals surface area contributed by atoms with Crippen LogP contribution >= 0.6 is 35.0 Å². The van der Waals surface area contributed by atoms with E-state index in [0.717, 1.165) is 16.1 Å². The first-order valence-corrected chi connectivity index (χ1v) is 14.6. The van der Waals surface area contributed by atoms with Crippen LogP contribution in [-0.2, 0) is 9.59 Å². The van der Waals surface area contributed by atoms with Gasteiger partial charge in [-0.25, -0.2) is 0 Å². The third-order valence-corrected chi connectivity index (χ3v) is 7.47. The lowest BCUT2D eigenvalue weighted by atomic mass is 10.1. The van der Waals surface area contributed by atoms with E-state index in [-0.39, 0.29) is 17.4 Å². The van der Waals surface area contributed by atoms with Crippen LogP contribution in [0.3, 0.4) is 0 Å². The summed E-state index contributed by atoms with van der Waals surface area (Å²) in [5.74, 6) is -1.04. The minimum absolute atomic E-state index is 0.0808. The van der Waals surface area contributed by atoms with Crippen molar-refractivity contribution in [2.24, 2.45) is 0 Å². The predicted molar refractivity (Wildman–Crippen MR) is 174 cm³/mol. The lowest BCUT2D eigenvalue weighted by Gasteiger charge is -2.14. The van der Waals surface area contributed by atoms with Crippen LogP contribution in [0.5, 0.6) is 0 Å². The number of hydrogen-bond acceptors (Lipinski definition) is 5. The van der Waals surface area contributed by atoms with Gasteiger partial charge >= 0.3 is 0 Å². The molecule has 0 saturated heterocycles. The average molecular weight is 620 g/mol. The molecule has 0 radical (unpaired) electrons. The average Bonchev–Trinajstić information content (AvgIpc) is 2.98. The van der Waals surface area contributed by atoms with Gasteiger partial charge in [-0.1, -0.05) is 59.6 Å². The Kier molecular flexibility index (Phi) is 10.7. The van der Waals surface area contributed by atoms with E-state index in [1.165, 1.54) is 11.8 Å². The number of rotatable bonds is 10. The number of thioether (sulfide) groups is 1. The maximum absolute atomic E-state index is 13.4. The Balaban J connectivity index is 1.47. The first-order valence-electron chi connectivity index (χ1n) is 12.8. The summed E-state index contributed by atoms with van der Waals surface area (Å²) in [6.45, 7) is 0. The number of carbonyl (C=O) groups excluding carboxylic acids is 3. The van der Waals surface area contributed by atoms with Gasteiger partial charge in [0.05, 0.1) is 16.5 Å². The van der Waals surface area contributed by atoms with E-state index in [0.29, 0.717) is 27.0 Å². The first-order chi connectivity index (χ1) is 20.2. The van der Waals surface area contributed by atoms with Crippen LogP contribution in [0.25, 0.3) is 6.08 Å². The van der Waals surface area contributed by atoms with Crippen LogP contribution in [-0.4, -0.2) is 37.6 Å². The van der Waals surface area contributed by atoms with Crippen LogP contribution in [0.4, 0.5) is 17.1 Å². The number of nitrogens with one attached hydrogen (secondary N) is 3. The number of benzene rings is 4. The molecule has 0 fully saturated rings. The molecule has 4 rings (SSSR count). The molecule has 3 amide bonds. The third kappa shape index (κ3) is 8.88. The summed E-state index contributed by atoms with van der Waals surface area (Å²) in [6.07, 6.45) is 1.62. The van der Waals surface area contributed by atoms with Crippen molar-refractivity contribution >= 4 is 75.8 Å². The van der Waals surface area contributed by atoms with Crippen LogP contribution in [0.15, 0.2) is 108 Å². The van der Waals surface area contributed by atoms with Crippen molar-refractivity contribution in [1.82, 2.24) is 5.32 Å². The molecule has 0 saturated carbocycles. The normalized spacial score (nSPS) is 11.0. The molecule has 0 bridgehead atoms. The fraction of sp³-hybridized carbons (Fsp3) is 0.0938. The first kappa shape index (κ1) is 30.7. The molecule has 0 aromatic heterocycles. The maximum atomic E-state index is 13.4. The van der Waals surface area contributed by atoms with Crippen molar-refractivity contribution < 1.29 is 14.4 Å². The maximum Gasteiger partial charge on any atom is 0.272 e. The highest BCUT2D eigenvalue weighted by Gasteiger charge is 2.16. The Morgan fingerprint density at radius 2 is 1.57 bits per heavy atom. The quantitative estimate of drug-likeness (QED) is 0.129. The van der Waals surface area contributed by atoms with Crippen LogP contribution in [0.1, 0.15) is 15.9 Å². The Hall–Kier alpha value is -4.24. The van der Waals surface area contributed by atoms with Crippen molar-refractivity contribution in [1.29, 1.82) is 0 Å². The van der Waals surface area contributed by atoms with Gasteiger partial charge in [-0.2, -0.15) is 0 Å². The van der Waals surface area contributed by atoms with Crippen molar-refractivity contribution in [3.05, 3.63) is 124 Å². The van der Waals surface area contributed by atoms with Gasteiger partial charge in [0.15, 0.2) is 0 Å². The fourth-order valence-corrected chi connectivity index (χ4v) is 4.86. The van der Waals surface area contributed by atoms with E-state index in [1.807, 2.05) is 55.4 Å². The molecule has 0 aliphatic heterocycles. The zero-order valence-electron chi connectivity index (χ0n) is 22.9. The molecule has 0 heterocycles. The number of anilines is 3. The molecule has 0 aliphatic carbocycles. The van der Waals surface area contributed by atoms with E-state index in [2.05, 4.69) is 16.0 Å². The smallest absolute Gasteiger partial charge is 0.272 e. The third-order valence-electron chi connectivity index (χ3n) is 5.91. The summed E-state index contributed by atoms with van der Waals surface area (Å²) in [5.41, 5.74) is 3.20. The summed E-state index contributed by atoms with van der Waals surface area (Å²) in [6, 6.07) is 28.2. The number of halogens is 2. The van der Waals surface area contributed by atoms with Gasteiger partial charge < -0.3 is 20.9 Å². The van der Waals surface area contributed by atoms with Crippen LogP contribution in [0.2, 0.25) is 10.0 Å². The lowest BCUT2D eigenvalue weighted by Crippen LogP contribution is -2.30. The molecule has 0 aliphatic rings.